The summed E-state index contributed by atoms with van der Waals surface area (Å²) in [6.45, 7) is 9.09. The molecule has 1 amide bonds. The number of hydrogen-bond acceptors (Lipinski definition) is 3. The Morgan fingerprint density at radius 2 is 2.04 bits per heavy atom. The first-order chi connectivity index (χ1) is 10.9. The number of aliphatic hydroxyl groups excluding tert-OH is 1. The molecule has 0 spiro atoms. The minimum Gasteiger partial charge on any atom is -0.393 e. The van der Waals surface area contributed by atoms with Crippen molar-refractivity contribution in [3.63, 3.8) is 0 Å². The lowest BCUT2D eigenvalue weighted by molar-refractivity contribution is -0.142. The summed E-state index contributed by atoms with van der Waals surface area (Å²) in [5.41, 5.74) is 5.71. The fourth-order valence-electron chi connectivity index (χ4n) is 4.19. The fraction of sp³-hybridized carbons (Fsp3) is 0.947. The fourth-order valence-corrected chi connectivity index (χ4v) is 4.19. The Morgan fingerprint density at radius 1 is 1.35 bits per heavy atom. The SMILES string of the molecule is CCCCNC(=O)[C@@](C[C@@H](O)CC)(C(C)C)C1CCC[C@H](N)C1. The van der Waals surface area contributed by atoms with Crippen LogP contribution < -0.4 is 11.1 Å². The van der Waals surface area contributed by atoms with E-state index >= 15 is 0 Å². The van der Waals surface area contributed by atoms with E-state index in [1.807, 2.05) is 6.92 Å². The summed E-state index contributed by atoms with van der Waals surface area (Å²) in [5, 5.41) is 13.5. The Bertz CT molecular complexity index is 359. The first-order valence-electron chi connectivity index (χ1n) is 9.60. The van der Waals surface area contributed by atoms with Gasteiger partial charge in [0.1, 0.15) is 0 Å². The highest BCUT2D eigenvalue weighted by Crippen LogP contribution is 2.47. The van der Waals surface area contributed by atoms with Crippen LogP contribution >= 0.6 is 0 Å². The van der Waals surface area contributed by atoms with Crippen molar-refractivity contribution in [3.8, 4) is 0 Å². The molecule has 0 aliphatic heterocycles. The summed E-state index contributed by atoms with van der Waals surface area (Å²) >= 11 is 0. The van der Waals surface area contributed by atoms with Gasteiger partial charge in [-0.15, -0.1) is 0 Å². The summed E-state index contributed by atoms with van der Waals surface area (Å²) < 4.78 is 0. The summed E-state index contributed by atoms with van der Waals surface area (Å²) in [6.07, 6.45) is 6.97. The lowest BCUT2D eigenvalue weighted by Gasteiger charge is -2.46. The van der Waals surface area contributed by atoms with Gasteiger partial charge in [-0.25, -0.2) is 0 Å². The molecule has 136 valence electrons. The summed E-state index contributed by atoms with van der Waals surface area (Å²) in [5.74, 6) is 0.599. The molecule has 0 aromatic rings. The van der Waals surface area contributed by atoms with Crippen LogP contribution in [0.15, 0.2) is 0 Å². The van der Waals surface area contributed by atoms with Gasteiger partial charge in [-0.1, -0.05) is 40.5 Å². The first kappa shape index (κ1) is 20.4. The molecule has 0 saturated heterocycles. The van der Waals surface area contributed by atoms with E-state index in [0.29, 0.717) is 12.8 Å². The normalized spacial score (nSPS) is 25.9. The molecule has 4 N–H and O–H groups in total. The van der Waals surface area contributed by atoms with E-state index in [4.69, 9.17) is 5.73 Å². The predicted octanol–water partition coefficient (Wildman–Crippen LogP) is 3.22. The zero-order valence-electron chi connectivity index (χ0n) is 15.6. The van der Waals surface area contributed by atoms with Crippen LogP contribution in [0.2, 0.25) is 0 Å². The molecule has 4 heteroatoms. The highest BCUT2D eigenvalue weighted by Gasteiger charge is 2.49. The molecule has 0 radical (unpaired) electrons. The van der Waals surface area contributed by atoms with E-state index in [0.717, 1.165) is 45.1 Å². The van der Waals surface area contributed by atoms with E-state index in [-0.39, 0.29) is 23.8 Å². The van der Waals surface area contributed by atoms with Gasteiger partial charge in [-0.05, 0) is 50.4 Å². The smallest absolute Gasteiger partial charge is 0.226 e. The molecular weight excluding hydrogens is 288 g/mol. The van der Waals surface area contributed by atoms with Crippen molar-refractivity contribution in [3.05, 3.63) is 0 Å². The number of nitrogens with two attached hydrogens (primary N) is 1. The van der Waals surface area contributed by atoms with E-state index < -0.39 is 11.5 Å². The molecule has 0 aromatic carbocycles. The Kier molecular flexibility index (Phi) is 8.56. The lowest BCUT2D eigenvalue weighted by Crippen LogP contribution is -2.53. The average Bonchev–Trinajstić information content (AvgIpc) is 2.52. The molecule has 1 rings (SSSR count). The number of nitrogens with one attached hydrogen (secondary N) is 1. The Morgan fingerprint density at radius 3 is 2.57 bits per heavy atom. The average molecular weight is 327 g/mol. The van der Waals surface area contributed by atoms with Crippen molar-refractivity contribution in [2.24, 2.45) is 23.0 Å². The van der Waals surface area contributed by atoms with Crippen LogP contribution in [0.25, 0.3) is 0 Å². The van der Waals surface area contributed by atoms with Gasteiger partial charge in [-0.3, -0.25) is 4.79 Å². The largest absolute Gasteiger partial charge is 0.393 e. The number of hydrogen-bond donors (Lipinski definition) is 3. The quantitative estimate of drug-likeness (QED) is 0.569. The zero-order valence-corrected chi connectivity index (χ0v) is 15.6. The highest BCUT2D eigenvalue weighted by atomic mass is 16.3. The summed E-state index contributed by atoms with van der Waals surface area (Å²) in [6, 6.07) is 0.189. The molecule has 1 saturated carbocycles. The van der Waals surface area contributed by atoms with Crippen LogP contribution in [-0.4, -0.2) is 29.7 Å². The van der Waals surface area contributed by atoms with Crippen LogP contribution in [0, 0.1) is 17.3 Å². The van der Waals surface area contributed by atoms with Crippen molar-refractivity contribution < 1.29 is 9.90 Å². The van der Waals surface area contributed by atoms with Crippen LogP contribution in [0.4, 0.5) is 0 Å². The number of aliphatic hydroxyl groups is 1. The van der Waals surface area contributed by atoms with Gasteiger partial charge < -0.3 is 16.2 Å². The van der Waals surface area contributed by atoms with Gasteiger partial charge in [0, 0.05) is 12.6 Å². The maximum Gasteiger partial charge on any atom is 0.226 e. The van der Waals surface area contributed by atoms with Gasteiger partial charge in [-0.2, -0.15) is 0 Å². The minimum absolute atomic E-state index is 0.132. The third-order valence-corrected chi connectivity index (χ3v) is 5.76. The highest BCUT2D eigenvalue weighted by molar-refractivity contribution is 5.83. The van der Waals surface area contributed by atoms with E-state index in [9.17, 15) is 9.90 Å². The Balaban J connectivity index is 3.05. The molecule has 4 nitrogen and oxygen atoms in total. The molecule has 4 atom stereocenters. The molecule has 1 fully saturated rings. The number of unbranched alkanes of at least 4 members (excludes halogenated alkanes) is 1. The van der Waals surface area contributed by atoms with Crippen molar-refractivity contribution in [2.45, 2.75) is 91.2 Å². The second kappa shape index (κ2) is 9.63. The topological polar surface area (TPSA) is 75.3 Å². The lowest BCUT2D eigenvalue weighted by atomic mass is 9.59. The minimum atomic E-state index is -0.499. The maximum absolute atomic E-state index is 13.2. The van der Waals surface area contributed by atoms with Gasteiger partial charge >= 0.3 is 0 Å². The van der Waals surface area contributed by atoms with Crippen LogP contribution in [0.1, 0.15) is 79.1 Å². The maximum atomic E-state index is 13.2. The van der Waals surface area contributed by atoms with Gasteiger partial charge in [0.05, 0.1) is 11.5 Å². The standard InChI is InChI=1S/C19H38N2O2/c1-5-7-11-21-18(23)19(14(3)4,13-17(22)6-2)15-9-8-10-16(20)12-15/h14-17,22H,5-13,20H2,1-4H3,(H,21,23)/t15?,16-,17-,19-/m0/s1. The third kappa shape index (κ3) is 5.18. The third-order valence-electron chi connectivity index (χ3n) is 5.76. The van der Waals surface area contributed by atoms with E-state index in [1.165, 1.54) is 0 Å². The van der Waals surface area contributed by atoms with Gasteiger partial charge in [0.15, 0.2) is 0 Å². The van der Waals surface area contributed by atoms with Crippen molar-refractivity contribution in [1.29, 1.82) is 0 Å². The van der Waals surface area contributed by atoms with Crippen LogP contribution in [-0.2, 0) is 4.79 Å². The van der Waals surface area contributed by atoms with Gasteiger partial charge in [0.2, 0.25) is 5.91 Å². The second-order valence-electron chi connectivity index (χ2n) is 7.69. The van der Waals surface area contributed by atoms with Crippen molar-refractivity contribution >= 4 is 5.91 Å². The van der Waals surface area contributed by atoms with Gasteiger partial charge in [0.25, 0.3) is 0 Å². The Labute approximate surface area is 142 Å². The molecule has 1 unspecified atom stereocenters. The molecule has 0 bridgehead atoms. The van der Waals surface area contributed by atoms with E-state index in [2.05, 4.69) is 26.1 Å². The molecule has 1 aliphatic rings. The molecule has 23 heavy (non-hydrogen) atoms. The number of rotatable bonds is 9. The summed E-state index contributed by atoms with van der Waals surface area (Å²) in [7, 11) is 0. The molecule has 0 aromatic heterocycles. The number of carbonyl (C=O) groups excluding carboxylic acids is 1. The zero-order chi connectivity index (χ0) is 17.5. The van der Waals surface area contributed by atoms with Crippen LogP contribution in [0.5, 0.6) is 0 Å². The molecule has 0 heterocycles. The first-order valence-corrected chi connectivity index (χ1v) is 9.60. The van der Waals surface area contributed by atoms with E-state index in [1.54, 1.807) is 0 Å². The second-order valence-corrected chi connectivity index (χ2v) is 7.69. The predicted molar refractivity (Wildman–Crippen MR) is 96.0 cm³/mol. The van der Waals surface area contributed by atoms with Crippen molar-refractivity contribution in [2.75, 3.05) is 6.54 Å². The number of amides is 1. The van der Waals surface area contributed by atoms with Crippen LogP contribution in [0.3, 0.4) is 0 Å². The number of carbonyl (C=O) groups is 1. The molecule has 1 aliphatic carbocycles. The monoisotopic (exact) mass is 326 g/mol. The Hall–Kier alpha value is -0.610. The molecular formula is C19H38N2O2. The van der Waals surface area contributed by atoms with Crippen molar-refractivity contribution in [1.82, 2.24) is 5.32 Å². The summed E-state index contributed by atoms with van der Waals surface area (Å²) in [4.78, 5) is 13.2.